The molecule has 0 saturated carbocycles. The smallest absolute Gasteiger partial charge is 0.384 e. The van der Waals surface area contributed by atoms with Crippen LogP contribution >= 0.6 is 0 Å². The summed E-state index contributed by atoms with van der Waals surface area (Å²) in [4.78, 5) is 1.93. The molecule has 0 bridgehead atoms. The van der Waals surface area contributed by atoms with Gasteiger partial charge in [-0.3, -0.25) is 0 Å². The van der Waals surface area contributed by atoms with E-state index >= 15 is 0 Å². The largest absolute Gasteiger partial charge is 0.392 e. The predicted molar refractivity (Wildman–Crippen MR) is 51.6 cm³/mol. The summed E-state index contributed by atoms with van der Waals surface area (Å²) in [6, 6.07) is 0. The Morgan fingerprint density at radius 2 is 2.07 bits per heavy atom. The average molecular weight is 225 g/mol. The Bertz CT molecular complexity index is 219. The minimum atomic E-state index is -4.12. The molecule has 0 aromatic carbocycles. The Morgan fingerprint density at radius 1 is 1.47 bits per heavy atom. The van der Waals surface area contributed by atoms with E-state index in [-0.39, 0.29) is 13.0 Å². The highest BCUT2D eigenvalue weighted by Crippen LogP contribution is 2.45. The number of hydrogen-bond acceptors (Lipinski definition) is 2. The van der Waals surface area contributed by atoms with Gasteiger partial charge in [-0.25, -0.2) is 0 Å². The van der Waals surface area contributed by atoms with E-state index in [9.17, 15) is 13.2 Å². The molecule has 1 fully saturated rings. The molecule has 0 N–H and O–H groups in total. The fourth-order valence-corrected chi connectivity index (χ4v) is 2.54. The Labute approximate surface area is 88.4 Å². The van der Waals surface area contributed by atoms with Crippen molar-refractivity contribution in [2.75, 3.05) is 33.9 Å². The molecule has 15 heavy (non-hydrogen) atoms. The van der Waals surface area contributed by atoms with Crippen molar-refractivity contribution in [1.29, 1.82) is 0 Å². The molecule has 90 valence electrons. The van der Waals surface area contributed by atoms with E-state index in [1.165, 1.54) is 7.11 Å². The molecule has 0 aromatic rings. The summed E-state index contributed by atoms with van der Waals surface area (Å²) in [5, 5.41) is 0. The van der Waals surface area contributed by atoms with Gasteiger partial charge < -0.3 is 9.64 Å². The van der Waals surface area contributed by atoms with Crippen LogP contribution in [0.5, 0.6) is 0 Å². The fraction of sp³-hybridized carbons (Fsp3) is 1.00. The summed E-state index contributed by atoms with van der Waals surface area (Å²) >= 11 is 0. The number of nitrogens with zero attached hydrogens (tertiary/aromatic N) is 1. The molecule has 1 aliphatic rings. The molecule has 0 amide bonds. The number of ether oxygens (including phenoxy) is 1. The van der Waals surface area contributed by atoms with Gasteiger partial charge >= 0.3 is 6.18 Å². The van der Waals surface area contributed by atoms with Gasteiger partial charge in [-0.15, -0.1) is 0 Å². The van der Waals surface area contributed by atoms with Crippen LogP contribution < -0.4 is 0 Å². The summed E-state index contributed by atoms with van der Waals surface area (Å²) in [7, 11) is 3.30. The maximum absolute atomic E-state index is 12.8. The lowest BCUT2D eigenvalue weighted by molar-refractivity contribution is -0.226. The average Bonchev–Trinajstić information content (AvgIpc) is 2.00. The molecular formula is C10H18F3NO. The molecule has 1 heterocycles. The Hall–Kier alpha value is -0.290. The lowest BCUT2D eigenvalue weighted by Crippen LogP contribution is -2.52. The molecule has 2 nitrogen and oxygen atoms in total. The third-order valence-corrected chi connectivity index (χ3v) is 3.14. The van der Waals surface area contributed by atoms with E-state index in [0.29, 0.717) is 13.1 Å². The maximum atomic E-state index is 12.8. The lowest BCUT2D eigenvalue weighted by Gasteiger charge is -2.45. The number of methoxy groups -OCH3 is 1. The normalized spacial score (nSPS) is 34.4. The van der Waals surface area contributed by atoms with Crippen LogP contribution in [-0.2, 0) is 4.74 Å². The van der Waals surface area contributed by atoms with Gasteiger partial charge in [-0.2, -0.15) is 13.2 Å². The van der Waals surface area contributed by atoms with Crippen LogP contribution in [0.15, 0.2) is 0 Å². The van der Waals surface area contributed by atoms with Crippen molar-refractivity contribution in [3.63, 3.8) is 0 Å². The van der Waals surface area contributed by atoms with Gasteiger partial charge in [0, 0.05) is 19.1 Å². The van der Waals surface area contributed by atoms with Crippen molar-refractivity contribution in [3.8, 4) is 0 Å². The van der Waals surface area contributed by atoms with Crippen molar-refractivity contribution in [2.24, 2.45) is 11.3 Å². The highest BCUT2D eigenvalue weighted by molar-refractivity contribution is 4.92. The number of hydrogen-bond donors (Lipinski definition) is 0. The number of piperidine rings is 1. The third kappa shape index (κ3) is 2.84. The molecule has 1 saturated heterocycles. The minimum Gasteiger partial charge on any atom is -0.384 e. The van der Waals surface area contributed by atoms with Gasteiger partial charge in [-0.1, -0.05) is 6.92 Å². The Balaban J connectivity index is 2.84. The molecule has 0 aliphatic carbocycles. The van der Waals surface area contributed by atoms with Crippen molar-refractivity contribution in [2.45, 2.75) is 19.5 Å². The van der Waals surface area contributed by atoms with E-state index in [1.807, 2.05) is 11.9 Å². The predicted octanol–water partition coefficient (Wildman–Crippen LogP) is 2.15. The standard InChI is InChI=1S/C10H18F3NO/c1-9(7-15-3)6-14(2)5-4-8(9)10(11,12)13/h8H,4-7H2,1-3H3/t8-,9-/m0/s1. The quantitative estimate of drug-likeness (QED) is 0.714. The molecule has 1 rings (SSSR count). The maximum Gasteiger partial charge on any atom is 0.392 e. The highest BCUT2D eigenvalue weighted by atomic mass is 19.4. The monoisotopic (exact) mass is 225 g/mol. The first-order chi connectivity index (χ1) is 6.79. The number of halogens is 3. The van der Waals surface area contributed by atoms with Crippen molar-refractivity contribution >= 4 is 0 Å². The van der Waals surface area contributed by atoms with Crippen LogP contribution in [0.25, 0.3) is 0 Å². The third-order valence-electron chi connectivity index (χ3n) is 3.14. The van der Waals surface area contributed by atoms with E-state index < -0.39 is 17.5 Å². The Morgan fingerprint density at radius 3 is 2.53 bits per heavy atom. The van der Waals surface area contributed by atoms with Crippen LogP contribution in [0.2, 0.25) is 0 Å². The van der Waals surface area contributed by atoms with Crippen LogP contribution in [0.3, 0.4) is 0 Å². The van der Waals surface area contributed by atoms with Crippen molar-refractivity contribution in [1.82, 2.24) is 4.90 Å². The van der Waals surface area contributed by atoms with Crippen LogP contribution in [0.1, 0.15) is 13.3 Å². The van der Waals surface area contributed by atoms with E-state index in [2.05, 4.69) is 0 Å². The van der Waals surface area contributed by atoms with Gasteiger partial charge in [0.05, 0.1) is 12.5 Å². The second-order valence-electron chi connectivity index (χ2n) is 4.71. The van der Waals surface area contributed by atoms with E-state index in [0.717, 1.165) is 0 Å². The zero-order valence-corrected chi connectivity index (χ0v) is 9.40. The lowest BCUT2D eigenvalue weighted by atomic mass is 9.72. The fourth-order valence-electron chi connectivity index (χ4n) is 2.54. The van der Waals surface area contributed by atoms with Gasteiger partial charge in [0.2, 0.25) is 0 Å². The Kier molecular flexibility index (Phi) is 3.66. The zero-order valence-electron chi connectivity index (χ0n) is 9.40. The number of rotatable bonds is 2. The van der Waals surface area contributed by atoms with Gasteiger partial charge in [0.1, 0.15) is 0 Å². The molecule has 0 unspecified atom stereocenters. The molecule has 0 spiro atoms. The summed E-state index contributed by atoms with van der Waals surface area (Å²) in [6.45, 7) is 2.75. The van der Waals surface area contributed by atoms with E-state index in [4.69, 9.17) is 4.74 Å². The SMILES string of the molecule is COC[C@]1(C)CN(C)CC[C@@H]1C(F)(F)F. The zero-order chi connectivity index (χ0) is 11.7. The first-order valence-electron chi connectivity index (χ1n) is 5.04. The molecule has 0 radical (unpaired) electrons. The minimum absolute atomic E-state index is 0.154. The topological polar surface area (TPSA) is 12.5 Å². The van der Waals surface area contributed by atoms with Gasteiger partial charge in [-0.05, 0) is 20.0 Å². The van der Waals surface area contributed by atoms with Gasteiger partial charge in [0.25, 0.3) is 0 Å². The number of alkyl halides is 3. The molecule has 1 aliphatic heterocycles. The van der Waals surface area contributed by atoms with Crippen LogP contribution in [0, 0.1) is 11.3 Å². The van der Waals surface area contributed by atoms with Crippen molar-refractivity contribution < 1.29 is 17.9 Å². The second kappa shape index (κ2) is 4.29. The second-order valence-corrected chi connectivity index (χ2v) is 4.71. The summed E-state index contributed by atoms with van der Waals surface area (Å²) in [6.07, 6.45) is -3.95. The first-order valence-corrected chi connectivity index (χ1v) is 5.04. The summed E-state index contributed by atoms with van der Waals surface area (Å²) in [5.41, 5.74) is -0.819. The van der Waals surface area contributed by atoms with Gasteiger partial charge in [0.15, 0.2) is 0 Å². The van der Waals surface area contributed by atoms with Crippen LogP contribution in [0.4, 0.5) is 13.2 Å². The number of likely N-dealkylation sites (tertiary alicyclic amines) is 1. The molecule has 5 heteroatoms. The molecular weight excluding hydrogens is 207 g/mol. The molecule has 0 aromatic heterocycles. The summed E-state index contributed by atoms with van der Waals surface area (Å²) in [5.74, 6) is -1.25. The molecule has 2 atom stereocenters. The van der Waals surface area contributed by atoms with Crippen LogP contribution in [-0.4, -0.2) is 44.9 Å². The highest BCUT2D eigenvalue weighted by Gasteiger charge is 2.52. The van der Waals surface area contributed by atoms with Crippen molar-refractivity contribution in [3.05, 3.63) is 0 Å². The summed E-state index contributed by atoms with van der Waals surface area (Å²) < 4.78 is 43.4. The first kappa shape index (κ1) is 12.8. The van der Waals surface area contributed by atoms with E-state index in [1.54, 1.807) is 6.92 Å².